The van der Waals surface area contributed by atoms with Gasteiger partial charge in [-0.3, -0.25) is 9.59 Å². The zero-order valence-electron chi connectivity index (χ0n) is 11.0. The van der Waals surface area contributed by atoms with E-state index >= 15 is 0 Å². The lowest BCUT2D eigenvalue weighted by Crippen LogP contribution is -2.41. The summed E-state index contributed by atoms with van der Waals surface area (Å²) in [5.41, 5.74) is 0. The number of carbonyl (C=O) groups is 2. The Kier molecular flexibility index (Phi) is 5.98. The number of hydrogen-bond donors (Lipinski definition) is 2. The number of nitrogens with one attached hydrogen (secondary N) is 2. The Morgan fingerprint density at radius 3 is 2.05 bits per heavy atom. The monoisotopic (exact) mass is 450 g/mol. The lowest BCUT2D eigenvalue weighted by Gasteiger charge is -2.13. The van der Waals surface area contributed by atoms with Gasteiger partial charge in [-0.2, -0.15) is 0 Å². The van der Waals surface area contributed by atoms with E-state index < -0.39 is 0 Å². The summed E-state index contributed by atoms with van der Waals surface area (Å²) in [7, 11) is 0. The highest BCUT2D eigenvalue weighted by Crippen LogP contribution is 2.22. The zero-order valence-corrected chi connectivity index (χ0v) is 15.8. The minimum Gasteiger partial charge on any atom is -0.349 e. The van der Waals surface area contributed by atoms with Gasteiger partial charge in [0.15, 0.2) is 0 Å². The molecule has 2 heterocycles. The summed E-state index contributed by atoms with van der Waals surface area (Å²) in [6, 6.07) is 7.04. The molecular weight excluding hydrogens is 440 g/mol. The highest BCUT2D eigenvalue weighted by atomic mass is 79.9. The molecule has 2 rings (SSSR count). The van der Waals surface area contributed by atoms with Gasteiger partial charge in [0.1, 0.15) is 0 Å². The van der Waals surface area contributed by atoms with Crippen molar-refractivity contribution >= 4 is 66.3 Å². The van der Waals surface area contributed by atoms with Crippen molar-refractivity contribution in [1.29, 1.82) is 0 Å². The fourth-order valence-electron chi connectivity index (χ4n) is 1.55. The van der Waals surface area contributed by atoms with Gasteiger partial charge in [0, 0.05) is 12.6 Å². The maximum Gasteiger partial charge on any atom is 0.261 e. The Labute approximate surface area is 147 Å². The van der Waals surface area contributed by atoms with Crippen LogP contribution >= 0.6 is 54.5 Å². The second-order valence-corrected chi connectivity index (χ2v) is 9.22. The van der Waals surface area contributed by atoms with Gasteiger partial charge in [0.25, 0.3) is 11.8 Å². The van der Waals surface area contributed by atoms with Gasteiger partial charge in [-0.25, -0.2) is 0 Å². The van der Waals surface area contributed by atoms with Gasteiger partial charge in [-0.05, 0) is 63.0 Å². The molecule has 0 aliphatic rings. The molecule has 4 nitrogen and oxygen atoms in total. The molecule has 112 valence electrons. The van der Waals surface area contributed by atoms with E-state index in [1.165, 1.54) is 22.7 Å². The topological polar surface area (TPSA) is 58.2 Å². The van der Waals surface area contributed by atoms with Crippen molar-refractivity contribution in [3.8, 4) is 0 Å². The van der Waals surface area contributed by atoms with Crippen LogP contribution in [-0.4, -0.2) is 24.4 Å². The van der Waals surface area contributed by atoms with Gasteiger partial charge in [-0.1, -0.05) is 0 Å². The standard InChI is InChI=1S/C13H12Br2N2O2S2/c1-7(17-13(19)9-3-5-11(15)21-9)6-16-12(18)8-2-4-10(14)20-8/h2-5,7H,6H2,1H3,(H,16,18)(H,17,19)/t7-/m0/s1. The third-order valence-corrected chi connectivity index (χ3v) is 5.79. The molecule has 2 aromatic heterocycles. The maximum atomic E-state index is 11.9. The van der Waals surface area contributed by atoms with E-state index in [-0.39, 0.29) is 17.9 Å². The minimum atomic E-state index is -0.147. The van der Waals surface area contributed by atoms with Gasteiger partial charge >= 0.3 is 0 Å². The predicted octanol–water partition coefficient (Wildman–Crippen LogP) is 3.88. The van der Waals surface area contributed by atoms with E-state index in [1.54, 1.807) is 12.1 Å². The molecule has 8 heteroatoms. The highest BCUT2D eigenvalue weighted by Gasteiger charge is 2.14. The molecular formula is C13H12Br2N2O2S2. The molecule has 0 fully saturated rings. The molecule has 0 saturated heterocycles. The zero-order chi connectivity index (χ0) is 15.4. The van der Waals surface area contributed by atoms with Crippen molar-refractivity contribution < 1.29 is 9.59 Å². The maximum absolute atomic E-state index is 11.9. The predicted molar refractivity (Wildman–Crippen MR) is 93.3 cm³/mol. The summed E-state index contributed by atoms with van der Waals surface area (Å²) in [4.78, 5) is 25.1. The largest absolute Gasteiger partial charge is 0.349 e. The van der Waals surface area contributed by atoms with E-state index in [4.69, 9.17) is 0 Å². The first-order chi connectivity index (χ1) is 9.95. The first kappa shape index (κ1) is 16.7. The Morgan fingerprint density at radius 2 is 1.57 bits per heavy atom. The molecule has 0 aliphatic carbocycles. The summed E-state index contributed by atoms with van der Waals surface area (Å²) in [5.74, 6) is -0.267. The first-order valence-corrected chi connectivity index (χ1v) is 9.27. The van der Waals surface area contributed by atoms with Crippen LogP contribution in [0.15, 0.2) is 31.8 Å². The average Bonchev–Trinajstić information content (AvgIpc) is 3.04. The summed E-state index contributed by atoms with van der Waals surface area (Å²) in [6.07, 6.45) is 0. The molecule has 0 aliphatic heterocycles. The lowest BCUT2D eigenvalue weighted by molar-refractivity contribution is 0.0916. The van der Waals surface area contributed by atoms with Crippen LogP contribution < -0.4 is 10.6 Å². The second-order valence-electron chi connectivity index (χ2n) is 4.29. The van der Waals surface area contributed by atoms with Crippen LogP contribution in [0.3, 0.4) is 0 Å². The van der Waals surface area contributed by atoms with Crippen molar-refractivity contribution in [3.05, 3.63) is 41.6 Å². The van der Waals surface area contributed by atoms with Crippen LogP contribution in [0.4, 0.5) is 0 Å². The van der Waals surface area contributed by atoms with Crippen LogP contribution in [0.1, 0.15) is 26.3 Å². The Balaban J connectivity index is 1.80. The summed E-state index contributed by atoms with van der Waals surface area (Å²) in [5, 5.41) is 5.66. The molecule has 21 heavy (non-hydrogen) atoms. The van der Waals surface area contributed by atoms with Gasteiger partial charge < -0.3 is 10.6 Å². The number of rotatable bonds is 5. The van der Waals surface area contributed by atoms with Gasteiger partial charge in [0.2, 0.25) is 0 Å². The number of halogens is 2. The third-order valence-electron chi connectivity index (χ3n) is 2.54. The van der Waals surface area contributed by atoms with Gasteiger partial charge in [-0.15, -0.1) is 22.7 Å². The summed E-state index contributed by atoms with van der Waals surface area (Å²) >= 11 is 9.39. The number of hydrogen-bond acceptors (Lipinski definition) is 4. The highest BCUT2D eigenvalue weighted by molar-refractivity contribution is 9.11. The summed E-state index contributed by atoms with van der Waals surface area (Å²) in [6.45, 7) is 2.23. The molecule has 2 N–H and O–H groups in total. The molecule has 0 radical (unpaired) electrons. The van der Waals surface area contributed by atoms with Crippen molar-refractivity contribution in [2.75, 3.05) is 6.54 Å². The van der Waals surface area contributed by atoms with Crippen LogP contribution in [0.25, 0.3) is 0 Å². The molecule has 1 atom stereocenters. The fourth-order valence-corrected chi connectivity index (χ4v) is 4.14. The Morgan fingerprint density at radius 1 is 1.05 bits per heavy atom. The van der Waals surface area contributed by atoms with Crippen LogP contribution in [0.2, 0.25) is 0 Å². The quantitative estimate of drug-likeness (QED) is 0.724. The van der Waals surface area contributed by atoms with Gasteiger partial charge in [0.05, 0.1) is 17.3 Å². The van der Waals surface area contributed by atoms with Crippen LogP contribution in [-0.2, 0) is 0 Å². The number of carbonyl (C=O) groups excluding carboxylic acids is 2. The van der Waals surface area contributed by atoms with E-state index in [0.29, 0.717) is 16.3 Å². The lowest BCUT2D eigenvalue weighted by atomic mass is 10.3. The van der Waals surface area contributed by atoms with Crippen molar-refractivity contribution in [1.82, 2.24) is 10.6 Å². The molecule has 2 amide bonds. The molecule has 0 saturated carbocycles. The minimum absolute atomic E-state index is 0.133. The molecule has 0 bridgehead atoms. The Bertz CT molecular complexity index is 654. The molecule has 2 aromatic rings. The van der Waals surface area contributed by atoms with Crippen molar-refractivity contribution in [3.63, 3.8) is 0 Å². The SMILES string of the molecule is C[C@@H](CNC(=O)c1ccc(Br)s1)NC(=O)c1ccc(Br)s1. The summed E-state index contributed by atoms with van der Waals surface area (Å²) < 4.78 is 1.83. The molecule has 0 spiro atoms. The van der Waals surface area contributed by atoms with E-state index in [2.05, 4.69) is 42.5 Å². The Hall–Kier alpha value is -0.700. The van der Waals surface area contributed by atoms with Crippen LogP contribution in [0.5, 0.6) is 0 Å². The first-order valence-electron chi connectivity index (χ1n) is 6.05. The van der Waals surface area contributed by atoms with Crippen molar-refractivity contribution in [2.45, 2.75) is 13.0 Å². The second kappa shape index (κ2) is 7.53. The third kappa shape index (κ3) is 4.91. The fraction of sp³-hybridized carbons (Fsp3) is 0.231. The average molecular weight is 452 g/mol. The van der Waals surface area contributed by atoms with E-state index in [0.717, 1.165) is 7.57 Å². The smallest absolute Gasteiger partial charge is 0.261 e. The molecule has 0 unspecified atom stereocenters. The molecule has 0 aromatic carbocycles. The normalized spacial score (nSPS) is 12.0. The van der Waals surface area contributed by atoms with Crippen molar-refractivity contribution in [2.24, 2.45) is 0 Å². The number of thiophene rings is 2. The van der Waals surface area contributed by atoms with E-state index in [1.807, 2.05) is 19.1 Å². The van der Waals surface area contributed by atoms with E-state index in [9.17, 15) is 9.59 Å². The number of amides is 2. The van der Waals surface area contributed by atoms with Crippen LogP contribution in [0, 0.1) is 0 Å².